The molecule has 20 heavy (non-hydrogen) atoms. The molecule has 0 bridgehead atoms. The van der Waals surface area contributed by atoms with E-state index in [1.54, 1.807) is 0 Å². The second-order valence-corrected chi connectivity index (χ2v) is 6.21. The molecule has 3 atom stereocenters. The van der Waals surface area contributed by atoms with Crippen molar-refractivity contribution in [1.29, 1.82) is 0 Å². The molecular weight excluding hydrogens is 276 g/mol. The molecule has 0 aliphatic carbocycles. The van der Waals surface area contributed by atoms with Crippen LogP contribution in [0.15, 0.2) is 17.5 Å². The highest BCUT2D eigenvalue weighted by molar-refractivity contribution is 7.10. The standard InChI is InChI=1S/C14H20N2O3S/c1-9-4-2-6-15-13(9)14(19)16-10(8-12(17)18)11-5-3-7-20-11/h3,5,7,9-10,13,15H,2,4,6,8H2,1H3,(H,16,19)(H,17,18). The molecular formula is C14H20N2O3S. The normalized spacial score (nSPS) is 24.1. The Labute approximate surface area is 122 Å². The number of carboxylic acid groups (broad SMARTS) is 1. The molecule has 6 heteroatoms. The third-order valence-electron chi connectivity index (χ3n) is 3.63. The highest BCUT2D eigenvalue weighted by Crippen LogP contribution is 2.23. The fraction of sp³-hybridized carbons (Fsp3) is 0.571. The smallest absolute Gasteiger partial charge is 0.305 e. The predicted molar refractivity (Wildman–Crippen MR) is 77.6 cm³/mol. The first-order chi connectivity index (χ1) is 9.58. The Hall–Kier alpha value is -1.40. The molecule has 0 radical (unpaired) electrons. The van der Waals surface area contributed by atoms with Crippen LogP contribution >= 0.6 is 11.3 Å². The van der Waals surface area contributed by atoms with Gasteiger partial charge in [0.15, 0.2) is 0 Å². The molecule has 0 spiro atoms. The Morgan fingerprint density at radius 1 is 1.60 bits per heavy atom. The minimum Gasteiger partial charge on any atom is -0.481 e. The van der Waals surface area contributed by atoms with Crippen LogP contribution in [-0.2, 0) is 9.59 Å². The van der Waals surface area contributed by atoms with Gasteiger partial charge in [0.05, 0.1) is 18.5 Å². The van der Waals surface area contributed by atoms with E-state index in [0.29, 0.717) is 0 Å². The summed E-state index contributed by atoms with van der Waals surface area (Å²) in [7, 11) is 0. The van der Waals surface area contributed by atoms with Gasteiger partial charge in [0.2, 0.25) is 5.91 Å². The molecule has 1 aliphatic rings. The SMILES string of the molecule is CC1CCCNC1C(=O)NC(CC(=O)O)c1cccs1. The van der Waals surface area contributed by atoms with E-state index in [2.05, 4.69) is 10.6 Å². The van der Waals surface area contributed by atoms with Crippen LogP contribution in [-0.4, -0.2) is 29.6 Å². The lowest BCUT2D eigenvalue weighted by Gasteiger charge is -2.30. The second kappa shape index (κ2) is 6.85. The van der Waals surface area contributed by atoms with Crippen LogP contribution < -0.4 is 10.6 Å². The van der Waals surface area contributed by atoms with Gasteiger partial charge in [-0.15, -0.1) is 11.3 Å². The van der Waals surface area contributed by atoms with E-state index in [-0.39, 0.29) is 24.3 Å². The third kappa shape index (κ3) is 3.80. The fourth-order valence-corrected chi connectivity index (χ4v) is 3.33. The highest BCUT2D eigenvalue weighted by atomic mass is 32.1. The Morgan fingerprint density at radius 2 is 2.40 bits per heavy atom. The van der Waals surface area contributed by atoms with Gasteiger partial charge in [-0.05, 0) is 36.8 Å². The molecule has 110 valence electrons. The second-order valence-electron chi connectivity index (χ2n) is 5.23. The minimum atomic E-state index is -0.909. The number of nitrogens with one attached hydrogen (secondary N) is 2. The van der Waals surface area contributed by atoms with Gasteiger partial charge in [0, 0.05) is 4.88 Å². The van der Waals surface area contributed by atoms with E-state index in [1.165, 1.54) is 11.3 Å². The maximum atomic E-state index is 12.3. The molecule has 1 saturated heterocycles. The fourth-order valence-electron chi connectivity index (χ4n) is 2.55. The maximum Gasteiger partial charge on any atom is 0.305 e. The quantitative estimate of drug-likeness (QED) is 0.774. The molecule has 2 rings (SSSR count). The largest absolute Gasteiger partial charge is 0.481 e. The van der Waals surface area contributed by atoms with Gasteiger partial charge in [-0.2, -0.15) is 0 Å². The molecule has 1 aromatic heterocycles. The zero-order chi connectivity index (χ0) is 14.5. The number of thiophene rings is 1. The van der Waals surface area contributed by atoms with Gasteiger partial charge in [-0.25, -0.2) is 0 Å². The van der Waals surface area contributed by atoms with Gasteiger partial charge < -0.3 is 15.7 Å². The van der Waals surface area contributed by atoms with Crippen molar-refractivity contribution in [2.75, 3.05) is 6.54 Å². The van der Waals surface area contributed by atoms with Crippen LogP contribution in [0.2, 0.25) is 0 Å². The van der Waals surface area contributed by atoms with Crippen LogP contribution in [0.25, 0.3) is 0 Å². The number of hydrogen-bond acceptors (Lipinski definition) is 4. The van der Waals surface area contributed by atoms with Gasteiger partial charge in [-0.3, -0.25) is 9.59 Å². The van der Waals surface area contributed by atoms with E-state index in [4.69, 9.17) is 5.11 Å². The van der Waals surface area contributed by atoms with Crippen molar-refractivity contribution in [2.24, 2.45) is 5.92 Å². The molecule has 1 amide bonds. The summed E-state index contributed by atoms with van der Waals surface area (Å²) < 4.78 is 0. The number of aliphatic carboxylic acids is 1. The van der Waals surface area contributed by atoms with Crippen molar-refractivity contribution in [2.45, 2.75) is 38.3 Å². The topological polar surface area (TPSA) is 78.4 Å². The number of carbonyl (C=O) groups excluding carboxylic acids is 1. The Morgan fingerprint density at radius 3 is 3.00 bits per heavy atom. The Bertz CT molecular complexity index is 461. The lowest BCUT2D eigenvalue weighted by Crippen LogP contribution is -2.51. The first-order valence-corrected chi connectivity index (χ1v) is 7.75. The lowest BCUT2D eigenvalue weighted by atomic mass is 9.92. The van der Waals surface area contributed by atoms with Crippen LogP contribution in [0.4, 0.5) is 0 Å². The number of carbonyl (C=O) groups is 2. The molecule has 3 unspecified atom stereocenters. The number of rotatable bonds is 5. The van der Waals surface area contributed by atoms with E-state index in [9.17, 15) is 9.59 Å². The van der Waals surface area contributed by atoms with Crippen LogP contribution in [0, 0.1) is 5.92 Å². The van der Waals surface area contributed by atoms with Gasteiger partial charge in [-0.1, -0.05) is 13.0 Å². The molecule has 0 saturated carbocycles. The summed E-state index contributed by atoms with van der Waals surface area (Å²) in [6.07, 6.45) is 2.01. The van der Waals surface area contributed by atoms with E-state index < -0.39 is 12.0 Å². The molecule has 3 N–H and O–H groups in total. The summed E-state index contributed by atoms with van der Waals surface area (Å²) in [6.45, 7) is 2.89. The van der Waals surface area contributed by atoms with Gasteiger partial charge in [0.1, 0.15) is 0 Å². The third-order valence-corrected chi connectivity index (χ3v) is 4.62. The number of piperidine rings is 1. The predicted octanol–water partition coefficient (Wildman–Crippen LogP) is 1.77. The lowest BCUT2D eigenvalue weighted by molar-refractivity contribution is -0.137. The monoisotopic (exact) mass is 296 g/mol. The molecule has 1 aromatic rings. The number of amides is 1. The van der Waals surface area contributed by atoms with Crippen molar-refractivity contribution >= 4 is 23.2 Å². The molecule has 1 aliphatic heterocycles. The van der Waals surface area contributed by atoms with Crippen LogP contribution in [0.5, 0.6) is 0 Å². The summed E-state index contributed by atoms with van der Waals surface area (Å²) in [5.74, 6) is -0.734. The zero-order valence-corrected chi connectivity index (χ0v) is 12.3. The molecule has 2 heterocycles. The first kappa shape index (κ1) is 15.0. The highest BCUT2D eigenvalue weighted by Gasteiger charge is 2.29. The number of hydrogen-bond donors (Lipinski definition) is 3. The van der Waals surface area contributed by atoms with E-state index in [1.807, 2.05) is 24.4 Å². The van der Waals surface area contributed by atoms with Crippen LogP contribution in [0.1, 0.15) is 37.1 Å². The summed E-state index contributed by atoms with van der Waals surface area (Å²) in [6, 6.07) is 3.05. The van der Waals surface area contributed by atoms with E-state index in [0.717, 1.165) is 24.3 Å². The van der Waals surface area contributed by atoms with E-state index >= 15 is 0 Å². The maximum absolute atomic E-state index is 12.3. The summed E-state index contributed by atoms with van der Waals surface area (Å²) in [5.41, 5.74) is 0. The minimum absolute atomic E-state index is 0.0899. The van der Waals surface area contributed by atoms with Crippen molar-refractivity contribution in [3.8, 4) is 0 Å². The molecule has 0 aromatic carbocycles. The first-order valence-electron chi connectivity index (χ1n) is 6.87. The Balaban J connectivity index is 2.03. The number of carboxylic acids is 1. The average molecular weight is 296 g/mol. The summed E-state index contributed by atoms with van der Waals surface area (Å²) in [4.78, 5) is 24.2. The summed E-state index contributed by atoms with van der Waals surface area (Å²) >= 11 is 1.46. The Kier molecular flexibility index (Phi) is 5.14. The van der Waals surface area contributed by atoms with Crippen molar-refractivity contribution < 1.29 is 14.7 Å². The van der Waals surface area contributed by atoms with Gasteiger partial charge >= 0.3 is 5.97 Å². The molecule has 1 fully saturated rings. The van der Waals surface area contributed by atoms with Crippen molar-refractivity contribution in [3.05, 3.63) is 22.4 Å². The van der Waals surface area contributed by atoms with Gasteiger partial charge in [0.25, 0.3) is 0 Å². The zero-order valence-electron chi connectivity index (χ0n) is 11.5. The van der Waals surface area contributed by atoms with Crippen molar-refractivity contribution in [3.63, 3.8) is 0 Å². The van der Waals surface area contributed by atoms with Crippen molar-refractivity contribution in [1.82, 2.24) is 10.6 Å². The summed E-state index contributed by atoms with van der Waals surface area (Å²) in [5, 5.41) is 17.0. The average Bonchev–Trinajstić information content (AvgIpc) is 2.91. The van der Waals surface area contributed by atoms with Crippen LogP contribution in [0.3, 0.4) is 0 Å². The molecule has 5 nitrogen and oxygen atoms in total.